The Bertz CT molecular complexity index is 1670. The van der Waals surface area contributed by atoms with Gasteiger partial charge < -0.3 is 0 Å². The van der Waals surface area contributed by atoms with Gasteiger partial charge in [0.1, 0.15) is 0 Å². The van der Waals surface area contributed by atoms with Crippen molar-refractivity contribution in [2.75, 3.05) is 17.3 Å². The summed E-state index contributed by atoms with van der Waals surface area (Å²) in [6, 6.07) is 27.8. The van der Waals surface area contributed by atoms with Gasteiger partial charge in [-0.1, -0.05) is 54.6 Å². The standard InChI is InChI=1S/C37H37N5S3/c1-35(2)20-43-32(40-35)26-13-7-10-23(16-26)29-19-30(24-11-8-14-27(17-24)33-41-36(3,4)21-44-33)39-31(38-29)25-12-9-15-28(18-25)34-42-37(5,6)22-45-34/h7-19H,20-22H2,1-6H3. The maximum absolute atomic E-state index is 5.18. The first-order chi connectivity index (χ1) is 21.4. The predicted molar refractivity (Wildman–Crippen MR) is 198 cm³/mol. The Morgan fingerprint density at radius 1 is 0.444 bits per heavy atom. The Morgan fingerprint density at radius 2 is 0.778 bits per heavy atom. The number of nitrogens with zero attached hydrogens (tertiary/aromatic N) is 5. The van der Waals surface area contributed by atoms with Gasteiger partial charge in [-0.25, -0.2) is 9.97 Å². The summed E-state index contributed by atoms with van der Waals surface area (Å²) in [5.41, 5.74) is 8.08. The highest BCUT2D eigenvalue weighted by molar-refractivity contribution is 8.15. The van der Waals surface area contributed by atoms with Crippen LogP contribution in [0.15, 0.2) is 93.8 Å². The van der Waals surface area contributed by atoms with Crippen LogP contribution in [-0.4, -0.2) is 59.0 Å². The molecule has 0 N–H and O–H groups in total. The topological polar surface area (TPSA) is 62.9 Å². The highest BCUT2D eigenvalue weighted by atomic mass is 32.2. The minimum atomic E-state index is -0.0517. The lowest BCUT2D eigenvalue weighted by atomic mass is 10.0. The van der Waals surface area contributed by atoms with Crippen molar-refractivity contribution in [2.45, 2.75) is 58.2 Å². The van der Waals surface area contributed by atoms with Crippen LogP contribution >= 0.6 is 35.3 Å². The maximum Gasteiger partial charge on any atom is 0.160 e. The van der Waals surface area contributed by atoms with Gasteiger partial charge in [0, 0.05) is 50.6 Å². The van der Waals surface area contributed by atoms with Gasteiger partial charge in [0.25, 0.3) is 0 Å². The largest absolute Gasteiger partial charge is 0.271 e. The van der Waals surface area contributed by atoms with E-state index in [4.69, 9.17) is 24.9 Å². The van der Waals surface area contributed by atoms with E-state index < -0.39 is 0 Å². The fourth-order valence-electron chi connectivity index (χ4n) is 5.48. The third kappa shape index (κ3) is 6.69. The van der Waals surface area contributed by atoms with Crippen LogP contribution in [0.2, 0.25) is 0 Å². The third-order valence-electron chi connectivity index (χ3n) is 7.80. The van der Waals surface area contributed by atoms with E-state index in [-0.39, 0.29) is 16.6 Å². The SMILES string of the molecule is CC1(C)CSC(c2cccc(-c3cc(-c4cccc(C5=NC(C)(C)CS5)c4)nc(-c4cccc(C5=NC(C)(C)CS5)c4)n3)c2)=N1. The van der Waals surface area contributed by atoms with Crippen LogP contribution in [0, 0.1) is 0 Å². The van der Waals surface area contributed by atoms with Crippen LogP contribution in [0.1, 0.15) is 58.2 Å². The molecule has 4 heterocycles. The minimum Gasteiger partial charge on any atom is -0.271 e. The Kier molecular flexibility index (Phi) is 7.82. The van der Waals surface area contributed by atoms with Crippen LogP contribution in [0.5, 0.6) is 0 Å². The molecule has 0 unspecified atom stereocenters. The lowest BCUT2D eigenvalue weighted by Crippen LogP contribution is -2.15. The van der Waals surface area contributed by atoms with E-state index >= 15 is 0 Å². The Morgan fingerprint density at radius 3 is 1.13 bits per heavy atom. The quantitative estimate of drug-likeness (QED) is 0.209. The fraction of sp³-hybridized carbons (Fsp3) is 0.324. The summed E-state index contributed by atoms with van der Waals surface area (Å²) in [6.45, 7) is 13.1. The molecule has 0 amide bonds. The van der Waals surface area contributed by atoms with Crippen molar-refractivity contribution in [1.82, 2.24) is 9.97 Å². The van der Waals surface area contributed by atoms with Gasteiger partial charge in [-0.15, -0.1) is 35.3 Å². The number of hydrogen-bond donors (Lipinski definition) is 0. The Labute approximate surface area is 279 Å². The molecule has 5 nitrogen and oxygen atoms in total. The highest BCUT2D eigenvalue weighted by Crippen LogP contribution is 2.36. The molecule has 0 atom stereocenters. The average molecular weight is 648 g/mol. The Hall–Kier alpha value is -3.20. The molecule has 7 rings (SSSR count). The van der Waals surface area contributed by atoms with Crippen LogP contribution < -0.4 is 0 Å². The van der Waals surface area contributed by atoms with E-state index in [0.717, 1.165) is 77.2 Å². The molecule has 45 heavy (non-hydrogen) atoms. The smallest absolute Gasteiger partial charge is 0.160 e. The Balaban J connectivity index is 1.34. The molecular formula is C37H37N5S3. The zero-order valence-electron chi connectivity index (χ0n) is 26.6. The zero-order chi connectivity index (χ0) is 31.4. The van der Waals surface area contributed by atoms with Crippen LogP contribution in [0.4, 0.5) is 0 Å². The summed E-state index contributed by atoms with van der Waals surface area (Å²) in [7, 11) is 0. The maximum atomic E-state index is 5.18. The molecular weight excluding hydrogens is 611 g/mol. The van der Waals surface area contributed by atoms with Gasteiger partial charge in [0.05, 0.1) is 43.1 Å². The molecule has 0 saturated heterocycles. The van der Waals surface area contributed by atoms with Crippen molar-refractivity contribution in [2.24, 2.45) is 15.0 Å². The van der Waals surface area contributed by atoms with E-state index in [9.17, 15) is 0 Å². The predicted octanol–water partition coefficient (Wildman–Crippen LogP) is 9.29. The second-order valence-corrected chi connectivity index (χ2v) is 16.7. The van der Waals surface area contributed by atoms with E-state index in [1.165, 1.54) is 0 Å². The summed E-state index contributed by atoms with van der Waals surface area (Å²) in [4.78, 5) is 25.3. The molecule has 1 aromatic heterocycles. The fourth-order valence-corrected chi connectivity index (χ4v) is 8.96. The second-order valence-electron chi connectivity index (χ2n) is 13.8. The molecule has 4 aromatic rings. The van der Waals surface area contributed by atoms with Crippen molar-refractivity contribution >= 4 is 50.4 Å². The molecule has 0 radical (unpaired) electrons. The summed E-state index contributed by atoms with van der Waals surface area (Å²) in [6.07, 6.45) is 0. The zero-order valence-corrected chi connectivity index (χ0v) is 29.0. The summed E-state index contributed by atoms with van der Waals surface area (Å²) < 4.78 is 0. The van der Waals surface area contributed by atoms with Gasteiger partial charge in [0.15, 0.2) is 5.82 Å². The summed E-state index contributed by atoms with van der Waals surface area (Å²) >= 11 is 5.46. The molecule has 0 bridgehead atoms. The number of aliphatic imine (C=N–C) groups is 3. The third-order valence-corrected chi connectivity index (χ3v) is 12.2. The van der Waals surface area contributed by atoms with E-state index in [0.29, 0.717) is 5.82 Å². The molecule has 228 valence electrons. The molecule has 0 aliphatic carbocycles. The monoisotopic (exact) mass is 647 g/mol. The van der Waals surface area contributed by atoms with Gasteiger partial charge in [0.2, 0.25) is 0 Å². The number of rotatable bonds is 6. The van der Waals surface area contributed by atoms with Crippen molar-refractivity contribution < 1.29 is 0 Å². The van der Waals surface area contributed by atoms with Gasteiger partial charge in [-0.05, 0) is 65.8 Å². The van der Waals surface area contributed by atoms with Crippen molar-refractivity contribution in [3.8, 4) is 33.9 Å². The minimum absolute atomic E-state index is 0.0461. The number of benzene rings is 3. The normalized spacial score (nSPS) is 19.7. The van der Waals surface area contributed by atoms with Crippen molar-refractivity contribution in [3.63, 3.8) is 0 Å². The van der Waals surface area contributed by atoms with Crippen molar-refractivity contribution in [3.05, 3.63) is 95.6 Å². The first kappa shape index (κ1) is 30.5. The van der Waals surface area contributed by atoms with Crippen LogP contribution in [-0.2, 0) is 0 Å². The summed E-state index contributed by atoms with van der Waals surface area (Å²) in [5.74, 6) is 3.66. The lowest BCUT2D eigenvalue weighted by molar-refractivity contribution is 0.605. The van der Waals surface area contributed by atoms with E-state index in [1.54, 1.807) is 0 Å². The average Bonchev–Trinajstić information content (AvgIpc) is 3.71. The van der Waals surface area contributed by atoms with Gasteiger partial charge in [-0.3, -0.25) is 15.0 Å². The number of aromatic nitrogens is 2. The molecule has 0 fully saturated rings. The molecule has 0 spiro atoms. The van der Waals surface area contributed by atoms with E-state index in [1.807, 2.05) is 35.3 Å². The van der Waals surface area contributed by atoms with Crippen LogP contribution in [0.25, 0.3) is 33.9 Å². The summed E-state index contributed by atoms with van der Waals surface area (Å²) in [5, 5.41) is 3.26. The highest BCUT2D eigenvalue weighted by Gasteiger charge is 2.28. The first-order valence-electron chi connectivity index (χ1n) is 15.3. The first-order valence-corrected chi connectivity index (χ1v) is 18.3. The van der Waals surface area contributed by atoms with Gasteiger partial charge >= 0.3 is 0 Å². The molecule has 3 aliphatic heterocycles. The van der Waals surface area contributed by atoms with E-state index in [2.05, 4.69) is 120 Å². The number of hydrogen-bond acceptors (Lipinski definition) is 8. The number of thioether (sulfide) groups is 3. The lowest BCUT2D eigenvalue weighted by Gasteiger charge is -2.12. The second kappa shape index (κ2) is 11.6. The van der Waals surface area contributed by atoms with Gasteiger partial charge in [-0.2, -0.15) is 0 Å². The molecule has 3 aromatic carbocycles. The van der Waals surface area contributed by atoms with Crippen LogP contribution in [0.3, 0.4) is 0 Å². The molecule has 0 saturated carbocycles. The molecule has 3 aliphatic rings. The van der Waals surface area contributed by atoms with Crippen molar-refractivity contribution in [1.29, 1.82) is 0 Å². The molecule has 8 heteroatoms.